The third-order valence-corrected chi connectivity index (χ3v) is 9.61. The van der Waals surface area contributed by atoms with Crippen LogP contribution in [0, 0.1) is 28.6 Å². The molecule has 0 spiro atoms. The van der Waals surface area contributed by atoms with Crippen LogP contribution >= 0.6 is 0 Å². The molecular formula is C25H35N3O2. The second-order valence-corrected chi connectivity index (χ2v) is 10.8. The second kappa shape index (κ2) is 6.73. The maximum atomic E-state index is 12.9. The van der Waals surface area contributed by atoms with Crippen molar-refractivity contribution in [3.8, 4) is 0 Å². The Kier molecular flexibility index (Phi) is 4.46. The summed E-state index contributed by atoms with van der Waals surface area (Å²) < 4.78 is 1.90. The number of aromatic nitrogens is 1. The number of carbonyl (C=O) groups excluding carboxylic acids is 2. The van der Waals surface area contributed by atoms with E-state index in [0.29, 0.717) is 23.8 Å². The molecule has 162 valence electrons. The summed E-state index contributed by atoms with van der Waals surface area (Å²) >= 11 is 0. The molecule has 5 nitrogen and oxygen atoms in total. The zero-order chi connectivity index (χ0) is 21.3. The minimum absolute atomic E-state index is 0.0579. The normalized spacial score (nSPS) is 42.5. The van der Waals surface area contributed by atoms with Crippen molar-refractivity contribution in [3.05, 3.63) is 36.2 Å². The summed E-state index contributed by atoms with van der Waals surface area (Å²) in [7, 11) is 3.91. The minimum Gasteiger partial charge on any atom is -0.347 e. The third kappa shape index (κ3) is 2.66. The van der Waals surface area contributed by atoms with Crippen LogP contribution in [0.4, 0.5) is 0 Å². The molecule has 0 aromatic carbocycles. The maximum absolute atomic E-state index is 12.9. The lowest BCUT2D eigenvalue weighted by Crippen LogP contribution is -2.60. The van der Waals surface area contributed by atoms with Crippen LogP contribution in [0.5, 0.6) is 0 Å². The van der Waals surface area contributed by atoms with Crippen molar-refractivity contribution in [1.29, 1.82) is 0 Å². The molecule has 1 aromatic heterocycles. The predicted molar refractivity (Wildman–Crippen MR) is 117 cm³/mol. The molecule has 0 radical (unpaired) electrons. The van der Waals surface area contributed by atoms with Gasteiger partial charge in [-0.1, -0.05) is 19.9 Å². The van der Waals surface area contributed by atoms with Crippen molar-refractivity contribution in [2.24, 2.45) is 35.6 Å². The van der Waals surface area contributed by atoms with Gasteiger partial charge in [-0.2, -0.15) is 0 Å². The van der Waals surface area contributed by atoms with E-state index >= 15 is 0 Å². The zero-order valence-electron chi connectivity index (χ0n) is 18.7. The lowest BCUT2D eigenvalue weighted by atomic mass is 9.48. The van der Waals surface area contributed by atoms with Crippen LogP contribution in [0.3, 0.4) is 0 Å². The molecule has 5 heteroatoms. The molecule has 1 unspecified atom stereocenters. The zero-order valence-corrected chi connectivity index (χ0v) is 18.7. The summed E-state index contributed by atoms with van der Waals surface area (Å²) in [5.74, 6) is 2.18. The van der Waals surface area contributed by atoms with Crippen molar-refractivity contribution < 1.29 is 9.59 Å². The Morgan fingerprint density at radius 2 is 1.90 bits per heavy atom. The van der Waals surface area contributed by atoms with Gasteiger partial charge < -0.3 is 14.8 Å². The van der Waals surface area contributed by atoms with Gasteiger partial charge in [-0.15, -0.1) is 0 Å². The number of nitrogens with one attached hydrogen (secondary N) is 1. The predicted octanol–water partition coefficient (Wildman–Crippen LogP) is 3.76. The van der Waals surface area contributed by atoms with Gasteiger partial charge in [0.2, 0.25) is 5.91 Å². The number of amides is 2. The number of aryl methyl sites for hydroxylation is 1. The Hall–Kier alpha value is -2.04. The van der Waals surface area contributed by atoms with Crippen molar-refractivity contribution in [1.82, 2.24) is 14.8 Å². The molecule has 2 amide bonds. The van der Waals surface area contributed by atoms with Crippen LogP contribution < -0.4 is 5.32 Å². The summed E-state index contributed by atoms with van der Waals surface area (Å²) in [5.41, 5.74) is 0.992. The van der Waals surface area contributed by atoms with Crippen LogP contribution in [0.1, 0.15) is 62.9 Å². The number of fused-ring (bicyclic) bond motifs is 5. The highest BCUT2D eigenvalue weighted by molar-refractivity contribution is 5.93. The first kappa shape index (κ1) is 19.9. The molecule has 0 bridgehead atoms. The van der Waals surface area contributed by atoms with Gasteiger partial charge in [-0.25, -0.2) is 0 Å². The van der Waals surface area contributed by atoms with E-state index in [1.54, 1.807) is 0 Å². The Labute approximate surface area is 179 Å². The first-order chi connectivity index (χ1) is 14.3. The second-order valence-electron chi connectivity index (χ2n) is 10.8. The monoisotopic (exact) mass is 409 g/mol. The van der Waals surface area contributed by atoms with E-state index in [2.05, 4.69) is 25.2 Å². The number of nitrogens with zero attached hydrogens (tertiary/aromatic N) is 2. The van der Waals surface area contributed by atoms with Crippen LogP contribution in [-0.2, 0) is 11.8 Å². The van der Waals surface area contributed by atoms with E-state index in [1.165, 1.54) is 19.3 Å². The van der Waals surface area contributed by atoms with Crippen LogP contribution in [0.2, 0.25) is 0 Å². The lowest BCUT2D eigenvalue weighted by molar-refractivity contribution is -0.138. The molecule has 0 saturated heterocycles. The highest BCUT2D eigenvalue weighted by atomic mass is 16.2. The van der Waals surface area contributed by atoms with Gasteiger partial charge in [-0.05, 0) is 79.9 Å². The third-order valence-electron chi connectivity index (χ3n) is 9.61. The van der Waals surface area contributed by atoms with Gasteiger partial charge in [0.05, 0.1) is 0 Å². The van der Waals surface area contributed by atoms with Gasteiger partial charge >= 0.3 is 0 Å². The Morgan fingerprint density at radius 3 is 2.63 bits per heavy atom. The topological polar surface area (TPSA) is 54.3 Å². The van der Waals surface area contributed by atoms with Crippen LogP contribution in [-0.4, -0.2) is 40.4 Å². The average molecular weight is 410 g/mol. The molecule has 2 heterocycles. The number of hydrogen-bond donors (Lipinski definition) is 1. The van der Waals surface area contributed by atoms with Crippen molar-refractivity contribution in [3.63, 3.8) is 0 Å². The molecule has 1 N–H and O–H groups in total. The Bertz CT molecular complexity index is 904. The lowest BCUT2D eigenvalue weighted by Gasteiger charge is -2.60. The molecule has 1 aromatic rings. The summed E-state index contributed by atoms with van der Waals surface area (Å²) in [6.45, 7) is 4.82. The SMILES string of the molecule is CN1C(=O)C=C[C@]2(C)[C@H]3CC[C@]4(C)C(NC(=O)c5cccn5C)CC[C@H]4[C@@H]3CC[C@@H]12. The number of hydrogen-bond acceptors (Lipinski definition) is 2. The number of carbonyl (C=O) groups is 2. The fraction of sp³-hybridized carbons (Fsp3) is 0.680. The van der Waals surface area contributed by atoms with Crippen LogP contribution in [0.25, 0.3) is 0 Å². The van der Waals surface area contributed by atoms with E-state index < -0.39 is 0 Å². The summed E-state index contributed by atoms with van der Waals surface area (Å²) in [4.78, 5) is 27.1. The first-order valence-corrected chi connectivity index (χ1v) is 11.6. The molecule has 5 rings (SSSR count). The fourth-order valence-electron chi connectivity index (χ4n) is 7.90. The van der Waals surface area contributed by atoms with E-state index in [-0.39, 0.29) is 28.7 Å². The summed E-state index contributed by atoms with van der Waals surface area (Å²) in [6.07, 6.45) is 12.9. The quantitative estimate of drug-likeness (QED) is 0.809. The fourth-order valence-corrected chi connectivity index (χ4v) is 7.90. The van der Waals surface area contributed by atoms with Crippen LogP contribution in [0.15, 0.2) is 30.5 Å². The Balaban J connectivity index is 1.38. The largest absolute Gasteiger partial charge is 0.347 e. The van der Waals surface area contributed by atoms with Gasteiger partial charge in [0, 0.05) is 37.8 Å². The van der Waals surface area contributed by atoms with Crippen molar-refractivity contribution >= 4 is 11.8 Å². The van der Waals surface area contributed by atoms with Gasteiger partial charge in [0.15, 0.2) is 0 Å². The number of rotatable bonds is 2. The van der Waals surface area contributed by atoms with Gasteiger partial charge in [0.25, 0.3) is 5.91 Å². The maximum Gasteiger partial charge on any atom is 0.268 e. The van der Waals surface area contributed by atoms with E-state index in [1.807, 2.05) is 48.0 Å². The van der Waals surface area contributed by atoms with E-state index in [0.717, 1.165) is 25.0 Å². The highest BCUT2D eigenvalue weighted by Gasteiger charge is 2.60. The van der Waals surface area contributed by atoms with Crippen molar-refractivity contribution in [2.45, 2.75) is 64.5 Å². The molecular weight excluding hydrogens is 374 g/mol. The molecule has 30 heavy (non-hydrogen) atoms. The molecule has 7 atom stereocenters. The smallest absolute Gasteiger partial charge is 0.268 e. The minimum atomic E-state index is 0.0579. The van der Waals surface area contributed by atoms with E-state index in [9.17, 15) is 9.59 Å². The molecule has 3 fully saturated rings. The Morgan fingerprint density at radius 1 is 1.10 bits per heavy atom. The molecule has 1 aliphatic heterocycles. The summed E-state index contributed by atoms with van der Waals surface area (Å²) in [5, 5.41) is 3.41. The molecule has 4 aliphatic rings. The average Bonchev–Trinajstić information content (AvgIpc) is 3.28. The summed E-state index contributed by atoms with van der Waals surface area (Å²) in [6, 6.07) is 4.41. The first-order valence-electron chi connectivity index (χ1n) is 11.6. The highest BCUT2D eigenvalue weighted by Crippen LogP contribution is 2.63. The standard InChI is InChI=1S/C25H35N3O2/c1-24-13-11-18-16(7-10-21-25(18,2)14-12-22(29)28(21)4)17(24)8-9-20(24)26-23(30)19-6-5-15-27(19)3/h5-6,12,14-18,20-21H,7-11,13H2,1-4H3,(H,26,30)/t16-,17-,18-,20?,21+,24-,25+/m0/s1. The van der Waals surface area contributed by atoms with E-state index in [4.69, 9.17) is 0 Å². The van der Waals surface area contributed by atoms with Gasteiger partial charge in [0.1, 0.15) is 5.69 Å². The molecule has 3 saturated carbocycles. The van der Waals surface area contributed by atoms with Crippen molar-refractivity contribution in [2.75, 3.05) is 7.05 Å². The van der Waals surface area contributed by atoms with Gasteiger partial charge in [-0.3, -0.25) is 9.59 Å². The number of likely N-dealkylation sites (N-methyl/N-ethyl adjacent to an activating group) is 1. The molecule has 3 aliphatic carbocycles.